The first-order valence-electron chi connectivity index (χ1n) is 9.64. The van der Waals surface area contributed by atoms with Crippen LogP contribution in [0.2, 0.25) is 0 Å². The Labute approximate surface area is 170 Å². The van der Waals surface area contributed by atoms with Gasteiger partial charge in [-0.05, 0) is 36.1 Å². The molecule has 1 aliphatic heterocycles. The molecule has 29 heavy (non-hydrogen) atoms. The summed E-state index contributed by atoms with van der Waals surface area (Å²) in [6, 6.07) is 14.3. The Morgan fingerprint density at radius 3 is 2.52 bits per heavy atom. The molecule has 1 fully saturated rings. The molecule has 0 spiro atoms. The molecule has 0 aromatic heterocycles. The third kappa shape index (κ3) is 6.46. The van der Waals surface area contributed by atoms with Gasteiger partial charge in [-0.3, -0.25) is 10.1 Å². The van der Waals surface area contributed by atoms with Crippen LogP contribution in [0, 0.1) is 10.1 Å². The fourth-order valence-electron chi connectivity index (χ4n) is 3.01. The second kappa shape index (κ2) is 10.4. The normalized spacial score (nSPS) is 16.4. The van der Waals surface area contributed by atoms with Crippen molar-refractivity contribution >= 4 is 11.6 Å². The molecule has 0 radical (unpaired) electrons. The first-order chi connectivity index (χ1) is 14.1. The average Bonchev–Trinajstić information content (AvgIpc) is 3.27. The van der Waals surface area contributed by atoms with E-state index in [0.717, 1.165) is 36.3 Å². The summed E-state index contributed by atoms with van der Waals surface area (Å²) in [7, 11) is 1.64. The van der Waals surface area contributed by atoms with Crippen LogP contribution in [0.25, 0.3) is 0 Å². The van der Waals surface area contributed by atoms with Gasteiger partial charge >= 0.3 is 0 Å². The maximum absolute atomic E-state index is 10.8. The highest BCUT2D eigenvalue weighted by Gasteiger charge is 2.15. The largest absolute Gasteiger partial charge is 0.497 e. The van der Waals surface area contributed by atoms with Crippen LogP contribution in [0.3, 0.4) is 0 Å². The summed E-state index contributed by atoms with van der Waals surface area (Å²) in [4.78, 5) is 15.1. The molecule has 2 aromatic carbocycles. The molecule has 8 heteroatoms. The van der Waals surface area contributed by atoms with Crippen LogP contribution in [0.15, 0.2) is 53.5 Å². The van der Waals surface area contributed by atoms with E-state index in [0.29, 0.717) is 25.6 Å². The van der Waals surface area contributed by atoms with Gasteiger partial charge in [0, 0.05) is 31.8 Å². The van der Waals surface area contributed by atoms with Crippen LogP contribution >= 0.6 is 0 Å². The Hall–Kier alpha value is -3.13. The van der Waals surface area contributed by atoms with E-state index in [1.807, 2.05) is 24.3 Å². The third-order valence-corrected chi connectivity index (χ3v) is 4.71. The molecule has 3 rings (SSSR count). The smallest absolute Gasteiger partial charge is 0.269 e. The van der Waals surface area contributed by atoms with Gasteiger partial charge < -0.3 is 20.1 Å². The van der Waals surface area contributed by atoms with Gasteiger partial charge in [-0.2, -0.15) is 0 Å². The first kappa shape index (κ1) is 20.6. The Morgan fingerprint density at radius 1 is 1.17 bits per heavy atom. The number of ether oxygens (including phenoxy) is 2. The molecule has 154 valence electrons. The molecule has 0 saturated carbocycles. The molecule has 0 bridgehead atoms. The maximum atomic E-state index is 10.8. The van der Waals surface area contributed by atoms with Crippen molar-refractivity contribution < 1.29 is 14.4 Å². The Kier molecular flexibility index (Phi) is 7.40. The van der Waals surface area contributed by atoms with E-state index >= 15 is 0 Å². The van der Waals surface area contributed by atoms with Crippen molar-refractivity contribution in [2.75, 3.05) is 20.3 Å². The molecular weight excluding hydrogens is 372 g/mol. The molecule has 2 aromatic rings. The predicted molar refractivity (Wildman–Crippen MR) is 111 cm³/mol. The lowest BCUT2D eigenvalue weighted by Gasteiger charge is -2.16. The van der Waals surface area contributed by atoms with Crippen molar-refractivity contribution in [3.8, 4) is 5.75 Å². The summed E-state index contributed by atoms with van der Waals surface area (Å²) in [6.45, 7) is 2.53. The minimum Gasteiger partial charge on any atom is -0.497 e. The standard InChI is InChI=1S/C21H26N4O4/c1-28-19-10-6-17(7-11-19)14-23-21(24-15-20-3-2-12-29-20)22-13-16-4-8-18(9-5-16)25(26)27/h4-11,20H,2-3,12-15H2,1H3,(H2,22,23,24). The van der Waals surface area contributed by atoms with E-state index in [1.54, 1.807) is 19.2 Å². The highest BCUT2D eigenvalue weighted by atomic mass is 16.6. The number of hydrogen-bond donors (Lipinski definition) is 2. The molecule has 2 N–H and O–H groups in total. The van der Waals surface area contributed by atoms with Crippen LogP contribution in [0.5, 0.6) is 5.75 Å². The van der Waals surface area contributed by atoms with Crippen molar-refractivity contribution in [2.24, 2.45) is 4.99 Å². The zero-order valence-electron chi connectivity index (χ0n) is 16.5. The van der Waals surface area contributed by atoms with Crippen molar-refractivity contribution in [2.45, 2.75) is 32.0 Å². The Morgan fingerprint density at radius 2 is 1.90 bits per heavy atom. The number of nitro benzene ring substituents is 1. The number of rotatable bonds is 8. The minimum atomic E-state index is -0.401. The molecular formula is C21H26N4O4. The number of aliphatic imine (C=N–C) groups is 1. The quantitative estimate of drug-likeness (QED) is 0.307. The van der Waals surface area contributed by atoms with Crippen LogP contribution in [-0.2, 0) is 17.8 Å². The fraction of sp³-hybridized carbons (Fsp3) is 0.381. The molecule has 1 unspecified atom stereocenters. The molecule has 1 saturated heterocycles. The van der Waals surface area contributed by atoms with E-state index in [1.165, 1.54) is 12.1 Å². The number of hydrogen-bond acceptors (Lipinski definition) is 5. The van der Waals surface area contributed by atoms with E-state index < -0.39 is 4.92 Å². The topological polar surface area (TPSA) is 98.0 Å². The van der Waals surface area contributed by atoms with Crippen molar-refractivity contribution in [1.82, 2.24) is 10.6 Å². The van der Waals surface area contributed by atoms with Crippen molar-refractivity contribution in [1.29, 1.82) is 0 Å². The molecule has 1 aliphatic rings. The molecule has 0 aliphatic carbocycles. The average molecular weight is 398 g/mol. The van der Waals surface area contributed by atoms with Gasteiger partial charge in [0.25, 0.3) is 5.69 Å². The number of nitrogens with zero attached hydrogens (tertiary/aromatic N) is 2. The molecule has 8 nitrogen and oxygen atoms in total. The van der Waals surface area contributed by atoms with Gasteiger partial charge in [0.05, 0.1) is 24.7 Å². The lowest BCUT2D eigenvalue weighted by Crippen LogP contribution is -2.40. The number of guanidine groups is 1. The van der Waals surface area contributed by atoms with Crippen molar-refractivity contribution in [3.05, 3.63) is 69.8 Å². The van der Waals surface area contributed by atoms with Gasteiger partial charge in [0.2, 0.25) is 0 Å². The SMILES string of the molecule is COc1ccc(CN=C(NCc2ccc([N+](=O)[O-])cc2)NCC2CCCO2)cc1. The zero-order chi connectivity index (χ0) is 20.5. The summed E-state index contributed by atoms with van der Waals surface area (Å²) in [5.74, 6) is 1.49. The van der Waals surface area contributed by atoms with E-state index in [-0.39, 0.29) is 11.8 Å². The van der Waals surface area contributed by atoms with E-state index in [4.69, 9.17) is 9.47 Å². The summed E-state index contributed by atoms with van der Waals surface area (Å²) in [6.07, 6.45) is 2.32. The second-order valence-electron chi connectivity index (χ2n) is 6.81. The van der Waals surface area contributed by atoms with Crippen LogP contribution in [0.4, 0.5) is 5.69 Å². The molecule has 0 amide bonds. The van der Waals surface area contributed by atoms with Gasteiger partial charge in [0.1, 0.15) is 5.75 Å². The number of methoxy groups -OCH3 is 1. The summed E-state index contributed by atoms with van der Waals surface area (Å²) in [5, 5.41) is 17.4. The lowest BCUT2D eigenvalue weighted by atomic mass is 10.2. The highest BCUT2D eigenvalue weighted by molar-refractivity contribution is 5.79. The molecule has 1 heterocycles. The predicted octanol–water partition coefficient (Wildman–Crippen LogP) is 3.02. The Balaban J connectivity index is 1.61. The molecule has 1 atom stereocenters. The van der Waals surface area contributed by atoms with Gasteiger partial charge in [-0.25, -0.2) is 4.99 Å². The van der Waals surface area contributed by atoms with Crippen molar-refractivity contribution in [3.63, 3.8) is 0 Å². The highest BCUT2D eigenvalue weighted by Crippen LogP contribution is 2.13. The monoisotopic (exact) mass is 398 g/mol. The summed E-state index contributed by atoms with van der Waals surface area (Å²) < 4.78 is 10.9. The van der Waals surface area contributed by atoms with Crippen LogP contribution < -0.4 is 15.4 Å². The lowest BCUT2D eigenvalue weighted by molar-refractivity contribution is -0.384. The van der Waals surface area contributed by atoms with Crippen LogP contribution in [0.1, 0.15) is 24.0 Å². The summed E-state index contributed by atoms with van der Waals surface area (Å²) >= 11 is 0. The van der Waals surface area contributed by atoms with Gasteiger partial charge in [-0.15, -0.1) is 0 Å². The number of non-ortho nitro benzene ring substituents is 1. The number of nitrogens with one attached hydrogen (secondary N) is 2. The van der Waals surface area contributed by atoms with Crippen LogP contribution in [-0.4, -0.2) is 37.2 Å². The maximum Gasteiger partial charge on any atom is 0.269 e. The van der Waals surface area contributed by atoms with Gasteiger partial charge in [-0.1, -0.05) is 24.3 Å². The summed E-state index contributed by atoms with van der Waals surface area (Å²) in [5.41, 5.74) is 2.09. The van der Waals surface area contributed by atoms with E-state index in [2.05, 4.69) is 15.6 Å². The fourth-order valence-corrected chi connectivity index (χ4v) is 3.01. The Bertz CT molecular complexity index is 816. The number of benzene rings is 2. The van der Waals surface area contributed by atoms with E-state index in [9.17, 15) is 10.1 Å². The third-order valence-electron chi connectivity index (χ3n) is 4.71. The second-order valence-corrected chi connectivity index (χ2v) is 6.81. The first-order valence-corrected chi connectivity index (χ1v) is 9.64. The van der Waals surface area contributed by atoms with Gasteiger partial charge in [0.15, 0.2) is 5.96 Å². The zero-order valence-corrected chi connectivity index (χ0v) is 16.5. The number of nitro groups is 1. The minimum absolute atomic E-state index is 0.0821.